The predicted molar refractivity (Wildman–Crippen MR) is 72.9 cm³/mol. The van der Waals surface area contributed by atoms with Gasteiger partial charge in [0.2, 0.25) is 0 Å². The summed E-state index contributed by atoms with van der Waals surface area (Å²) in [5.41, 5.74) is 0.964. The Bertz CT molecular complexity index is 551. The van der Waals surface area contributed by atoms with Crippen molar-refractivity contribution in [3.05, 3.63) is 36.7 Å². The molecule has 0 bridgehead atoms. The summed E-state index contributed by atoms with van der Waals surface area (Å²) in [5.74, 6) is 0.769. The van der Waals surface area contributed by atoms with Gasteiger partial charge in [-0.25, -0.2) is 4.98 Å². The number of thioether (sulfide) groups is 1. The first-order valence-corrected chi connectivity index (χ1v) is 6.60. The number of carbonyl (C=O) groups is 1. The third kappa shape index (κ3) is 3.29. The summed E-state index contributed by atoms with van der Waals surface area (Å²) in [5, 5.41) is 0.746. The summed E-state index contributed by atoms with van der Waals surface area (Å²) >= 11 is 1.34. The lowest BCUT2D eigenvalue weighted by molar-refractivity contribution is -0.137. The zero-order valence-electron chi connectivity index (χ0n) is 10.7. The fraction of sp³-hybridized carbons (Fsp3) is 0.231. The van der Waals surface area contributed by atoms with E-state index in [0.29, 0.717) is 0 Å². The van der Waals surface area contributed by atoms with Crippen LogP contribution in [0.1, 0.15) is 0 Å². The molecule has 0 aliphatic heterocycles. The first-order valence-electron chi connectivity index (χ1n) is 5.62. The molecule has 0 fully saturated rings. The highest BCUT2D eigenvalue weighted by atomic mass is 32.2. The van der Waals surface area contributed by atoms with Crippen LogP contribution in [0.5, 0.6) is 5.75 Å². The third-order valence-electron chi connectivity index (χ3n) is 2.50. The highest BCUT2D eigenvalue weighted by Crippen LogP contribution is 2.22. The first-order chi connectivity index (χ1) is 9.24. The number of imidazole rings is 1. The SMILES string of the molecule is COC(=O)CSc1nccn1-c1ccc(OC)cc1. The molecule has 6 heteroatoms. The molecule has 19 heavy (non-hydrogen) atoms. The lowest BCUT2D eigenvalue weighted by Gasteiger charge is -2.07. The number of hydrogen-bond acceptors (Lipinski definition) is 5. The topological polar surface area (TPSA) is 53.3 Å². The zero-order chi connectivity index (χ0) is 13.7. The van der Waals surface area contributed by atoms with E-state index in [9.17, 15) is 4.79 Å². The monoisotopic (exact) mass is 278 g/mol. The lowest BCUT2D eigenvalue weighted by Crippen LogP contribution is -2.04. The minimum Gasteiger partial charge on any atom is -0.497 e. The van der Waals surface area contributed by atoms with Gasteiger partial charge in [-0.3, -0.25) is 9.36 Å². The molecule has 5 nitrogen and oxygen atoms in total. The van der Waals surface area contributed by atoms with Gasteiger partial charge in [0.05, 0.1) is 20.0 Å². The highest BCUT2D eigenvalue weighted by molar-refractivity contribution is 7.99. The van der Waals surface area contributed by atoms with Gasteiger partial charge in [-0.2, -0.15) is 0 Å². The number of nitrogens with zero attached hydrogens (tertiary/aromatic N) is 2. The molecule has 1 aromatic carbocycles. The maximum atomic E-state index is 11.1. The van der Waals surface area contributed by atoms with Gasteiger partial charge >= 0.3 is 5.97 Å². The van der Waals surface area contributed by atoms with Crippen molar-refractivity contribution in [2.75, 3.05) is 20.0 Å². The largest absolute Gasteiger partial charge is 0.497 e. The Morgan fingerprint density at radius 2 is 2.05 bits per heavy atom. The second kappa shape index (κ2) is 6.29. The van der Waals surface area contributed by atoms with Crippen molar-refractivity contribution in [3.8, 4) is 11.4 Å². The van der Waals surface area contributed by atoms with Crippen molar-refractivity contribution in [2.24, 2.45) is 0 Å². The van der Waals surface area contributed by atoms with Crippen LogP contribution in [0.25, 0.3) is 5.69 Å². The molecule has 100 valence electrons. The summed E-state index contributed by atoms with van der Waals surface area (Å²) in [6, 6.07) is 7.62. The molecule has 0 unspecified atom stereocenters. The van der Waals surface area contributed by atoms with E-state index < -0.39 is 0 Å². The molecule has 1 aromatic heterocycles. The summed E-state index contributed by atoms with van der Waals surface area (Å²) < 4.78 is 11.6. The van der Waals surface area contributed by atoms with Gasteiger partial charge in [0.15, 0.2) is 5.16 Å². The number of carbonyl (C=O) groups excluding carboxylic acids is 1. The fourth-order valence-electron chi connectivity index (χ4n) is 1.52. The average Bonchev–Trinajstić information content (AvgIpc) is 2.93. The maximum absolute atomic E-state index is 11.1. The number of benzene rings is 1. The summed E-state index contributed by atoms with van der Waals surface area (Å²) in [7, 11) is 3.00. The van der Waals surface area contributed by atoms with Crippen molar-refractivity contribution in [1.29, 1.82) is 0 Å². The Morgan fingerprint density at radius 1 is 1.32 bits per heavy atom. The fourth-order valence-corrected chi connectivity index (χ4v) is 2.32. The Morgan fingerprint density at radius 3 is 2.68 bits per heavy atom. The van der Waals surface area contributed by atoms with Crippen molar-refractivity contribution in [1.82, 2.24) is 9.55 Å². The molecular weight excluding hydrogens is 264 g/mol. The van der Waals surface area contributed by atoms with E-state index in [1.807, 2.05) is 35.0 Å². The molecule has 0 amide bonds. The smallest absolute Gasteiger partial charge is 0.316 e. The number of methoxy groups -OCH3 is 2. The van der Waals surface area contributed by atoms with Gasteiger partial charge in [0.25, 0.3) is 0 Å². The molecule has 2 rings (SSSR count). The Kier molecular flexibility index (Phi) is 4.46. The Balaban J connectivity index is 2.15. The second-order valence-corrected chi connectivity index (χ2v) is 4.59. The summed E-state index contributed by atoms with van der Waals surface area (Å²) in [6.07, 6.45) is 3.55. The van der Waals surface area contributed by atoms with E-state index in [4.69, 9.17) is 4.74 Å². The van der Waals surface area contributed by atoms with Gasteiger partial charge in [0, 0.05) is 18.1 Å². The van der Waals surface area contributed by atoms with Crippen LogP contribution < -0.4 is 4.74 Å². The molecule has 0 spiro atoms. The van der Waals surface area contributed by atoms with Crippen LogP contribution in [0.3, 0.4) is 0 Å². The van der Waals surface area contributed by atoms with Gasteiger partial charge in [-0.1, -0.05) is 11.8 Å². The predicted octanol–water partition coefficient (Wildman–Crippen LogP) is 2.15. The van der Waals surface area contributed by atoms with Gasteiger partial charge in [-0.05, 0) is 24.3 Å². The van der Waals surface area contributed by atoms with Crippen LogP contribution in [-0.2, 0) is 9.53 Å². The minimum atomic E-state index is -0.269. The zero-order valence-corrected chi connectivity index (χ0v) is 11.5. The maximum Gasteiger partial charge on any atom is 0.316 e. The highest BCUT2D eigenvalue weighted by Gasteiger charge is 2.09. The van der Waals surface area contributed by atoms with Crippen LogP contribution in [0.2, 0.25) is 0 Å². The van der Waals surface area contributed by atoms with Gasteiger partial charge in [0.1, 0.15) is 5.75 Å². The molecule has 0 atom stereocenters. The molecular formula is C13H14N2O3S. The molecule has 0 saturated carbocycles. The minimum absolute atomic E-state index is 0.240. The number of aromatic nitrogens is 2. The molecule has 1 heterocycles. The van der Waals surface area contributed by atoms with E-state index in [2.05, 4.69) is 9.72 Å². The molecule has 0 saturated heterocycles. The second-order valence-electron chi connectivity index (χ2n) is 3.64. The van der Waals surface area contributed by atoms with E-state index in [1.54, 1.807) is 13.3 Å². The van der Waals surface area contributed by atoms with Crippen LogP contribution in [0, 0.1) is 0 Å². The summed E-state index contributed by atoms with van der Waals surface area (Å²) in [6.45, 7) is 0. The van der Waals surface area contributed by atoms with Gasteiger partial charge in [-0.15, -0.1) is 0 Å². The number of hydrogen-bond donors (Lipinski definition) is 0. The van der Waals surface area contributed by atoms with Crippen molar-refractivity contribution < 1.29 is 14.3 Å². The van der Waals surface area contributed by atoms with Crippen molar-refractivity contribution in [2.45, 2.75) is 5.16 Å². The first kappa shape index (κ1) is 13.5. The Labute approximate surface area is 115 Å². The van der Waals surface area contributed by atoms with Crippen LogP contribution in [-0.4, -0.2) is 35.5 Å². The lowest BCUT2D eigenvalue weighted by atomic mass is 10.3. The molecule has 0 aliphatic rings. The standard InChI is InChI=1S/C13H14N2O3S/c1-17-11-5-3-10(4-6-11)15-8-7-14-13(15)19-9-12(16)18-2/h3-8H,9H2,1-2H3. The number of ether oxygens (including phenoxy) is 2. The number of rotatable bonds is 5. The molecule has 0 radical (unpaired) electrons. The Hall–Kier alpha value is -1.95. The van der Waals surface area contributed by atoms with E-state index >= 15 is 0 Å². The van der Waals surface area contributed by atoms with E-state index in [0.717, 1.165) is 16.6 Å². The normalized spacial score (nSPS) is 10.2. The molecule has 0 aliphatic carbocycles. The van der Waals surface area contributed by atoms with Crippen molar-refractivity contribution >= 4 is 17.7 Å². The van der Waals surface area contributed by atoms with Crippen LogP contribution in [0.4, 0.5) is 0 Å². The summed E-state index contributed by atoms with van der Waals surface area (Å²) in [4.78, 5) is 15.4. The average molecular weight is 278 g/mol. The number of esters is 1. The molecule has 2 aromatic rings. The van der Waals surface area contributed by atoms with E-state index in [1.165, 1.54) is 18.9 Å². The van der Waals surface area contributed by atoms with Gasteiger partial charge < -0.3 is 9.47 Å². The molecule has 0 N–H and O–H groups in total. The van der Waals surface area contributed by atoms with E-state index in [-0.39, 0.29) is 11.7 Å². The van der Waals surface area contributed by atoms with Crippen LogP contribution >= 0.6 is 11.8 Å². The van der Waals surface area contributed by atoms with Crippen LogP contribution in [0.15, 0.2) is 41.8 Å². The third-order valence-corrected chi connectivity index (χ3v) is 3.44. The quantitative estimate of drug-likeness (QED) is 0.619. The van der Waals surface area contributed by atoms with Crippen molar-refractivity contribution in [3.63, 3.8) is 0 Å².